The average molecular weight is 378 g/mol. The van der Waals surface area contributed by atoms with Crippen molar-refractivity contribution in [2.24, 2.45) is 5.73 Å². The van der Waals surface area contributed by atoms with Crippen LogP contribution >= 0.6 is 23.2 Å². The van der Waals surface area contributed by atoms with Crippen LogP contribution in [0.15, 0.2) is 55.0 Å². The van der Waals surface area contributed by atoms with E-state index in [0.717, 1.165) is 6.20 Å². The zero-order valence-electron chi connectivity index (χ0n) is 12.9. The average Bonchev–Trinajstić information content (AvgIpc) is 2.63. The van der Waals surface area contributed by atoms with Crippen molar-refractivity contribution < 1.29 is 9.50 Å². The number of nitrogens with two attached hydrogens (primary N) is 1. The molecule has 3 aromatic rings. The van der Waals surface area contributed by atoms with E-state index in [1.54, 1.807) is 30.3 Å². The topological polar surface area (TPSA) is 72.0 Å². The van der Waals surface area contributed by atoms with Crippen LogP contribution in [0.3, 0.4) is 0 Å². The first kappa shape index (κ1) is 17.8. The number of halogens is 3. The molecule has 4 nitrogen and oxygen atoms in total. The Morgan fingerprint density at radius 2 is 1.76 bits per heavy atom. The Morgan fingerprint density at radius 1 is 0.960 bits per heavy atom. The number of nitrogens with zero attached hydrogens (tertiary/aromatic N) is 2. The molecule has 0 fully saturated rings. The van der Waals surface area contributed by atoms with E-state index in [9.17, 15) is 9.50 Å². The van der Waals surface area contributed by atoms with E-state index in [0.29, 0.717) is 32.4 Å². The second-order valence-electron chi connectivity index (χ2n) is 5.51. The maximum atomic E-state index is 13.3. The van der Waals surface area contributed by atoms with Gasteiger partial charge in [-0.05, 0) is 29.8 Å². The van der Waals surface area contributed by atoms with Gasteiger partial charge in [-0.2, -0.15) is 0 Å². The normalized spacial score (nSPS) is 13.5. The Labute approximate surface area is 154 Å². The summed E-state index contributed by atoms with van der Waals surface area (Å²) in [4.78, 5) is 8.04. The Morgan fingerprint density at radius 3 is 2.40 bits per heavy atom. The van der Waals surface area contributed by atoms with Gasteiger partial charge in [0.25, 0.3) is 0 Å². The predicted molar refractivity (Wildman–Crippen MR) is 95.8 cm³/mol. The standard InChI is InChI=1S/C18H14Cl2FN3O/c19-14-3-1-10(6-15(14)20)17(22)18(25)16-4-2-11(8-24-16)12-5-13(21)9-23-7-12/h1-9,17-18,25H,22H2/t17-,18-/m1/s1. The summed E-state index contributed by atoms with van der Waals surface area (Å²) >= 11 is 11.9. The maximum Gasteiger partial charge on any atom is 0.142 e. The summed E-state index contributed by atoms with van der Waals surface area (Å²) in [7, 11) is 0. The van der Waals surface area contributed by atoms with Gasteiger partial charge < -0.3 is 10.8 Å². The summed E-state index contributed by atoms with van der Waals surface area (Å²) in [6.07, 6.45) is 3.18. The molecule has 2 aromatic heterocycles. The fraction of sp³-hybridized carbons (Fsp3) is 0.111. The molecule has 25 heavy (non-hydrogen) atoms. The summed E-state index contributed by atoms with van der Waals surface area (Å²) in [5.74, 6) is -0.428. The first-order chi connectivity index (χ1) is 12.0. The third-order valence-electron chi connectivity index (χ3n) is 3.80. The number of hydrogen-bond donors (Lipinski definition) is 2. The molecule has 2 heterocycles. The van der Waals surface area contributed by atoms with Crippen LogP contribution in [0.5, 0.6) is 0 Å². The number of rotatable bonds is 4. The number of pyridine rings is 2. The zero-order valence-corrected chi connectivity index (χ0v) is 14.4. The Hall–Kier alpha value is -2.05. The van der Waals surface area contributed by atoms with Gasteiger partial charge in [0.1, 0.15) is 11.9 Å². The lowest BCUT2D eigenvalue weighted by Crippen LogP contribution is -2.20. The second kappa shape index (κ2) is 7.45. The monoisotopic (exact) mass is 377 g/mol. The van der Waals surface area contributed by atoms with Crippen molar-refractivity contribution >= 4 is 23.2 Å². The highest BCUT2D eigenvalue weighted by Gasteiger charge is 2.21. The number of aliphatic hydroxyl groups is 1. The maximum absolute atomic E-state index is 13.3. The molecule has 0 aliphatic rings. The van der Waals surface area contributed by atoms with Gasteiger partial charge in [0.05, 0.1) is 28.0 Å². The molecule has 128 valence electrons. The van der Waals surface area contributed by atoms with Crippen molar-refractivity contribution in [2.45, 2.75) is 12.1 Å². The van der Waals surface area contributed by atoms with Crippen LogP contribution in [-0.4, -0.2) is 15.1 Å². The lowest BCUT2D eigenvalue weighted by molar-refractivity contribution is 0.142. The van der Waals surface area contributed by atoms with E-state index in [-0.39, 0.29) is 0 Å². The van der Waals surface area contributed by atoms with Gasteiger partial charge in [-0.3, -0.25) is 9.97 Å². The van der Waals surface area contributed by atoms with Crippen molar-refractivity contribution in [2.75, 3.05) is 0 Å². The minimum Gasteiger partial charge on any atom is -0.385 e. The number of aromatic nitrogens is 2. The van der Waals surface area contributed by atoms with Crippen LogP contribution in [0.1, 0.15) is 23.4 Å². The van der Waals surface area contributed by atoms with Gasteiger partial charge in [-0.1, -0.05) is 35.3 Å². The molecule has 7 heteroatoms. The number of benzene rings is 1. The first-order valence-electron chi connectivity index (χ1n) is 7.41. The zero-order chi connectivity index (χ0) is 18.0. The first-order valence-corrected chi connectivity index (χ1v) is 8.17. The van der Waals surface area contributed by atoms with Crippen LogP contribution < -0.4 is 5.73 Å². The molecule has 0 saturated heterocycles. The lowest BCUT2D eigenvalue weighted by atomic mass is 9.99. The molecular formula is C18H14Cl2FN3O. The van der Waals surface area contributed by atoms with Gasteiger partial charge >= 0.3 is 0 Å². The third-order valence-corrected chi connectivity index (χ3v) is 4.54. The number of aliphatic hydroxyl groups excluding tert-OH is 1. The molecular weight excluding hydrogens is 364 g/mol. The van der Waals surface area contributed by atoms with Crippen molar-refractivity contribution in [3.8, 4) is 11.1 Å². The third kappa shape index (κ3) is 3.96. The fourth-order valence-electron chi connectivity index (χ4n) is 2.41. The Kier molecular flexibility index (Phi) is 5.30. The largest absolute Gasteiger partial charge is 0.385 e. The molecule has 0 unspecified atom stereocenters. The van der Waals surface area contributed by atoms with E-state index in [1.165, 1.54) is 18.5 Å². The molecule has 2 atom stereocenters. The summed E-state index contributed by atoms with van der Waals surface area (Å²) in [6, 6.07) is 8.95. The summed E-state index contributed by atoms with van der Waals surface area (Å²) in [5, 5.41) is 11.3. The van der Waals surface area contributed by atoms with E-state index < -0.39 is 18.0 Å². The summed E-state index contributed by atoms with van der Waals surface area (Å²) < 4.78 is 13.3. The Balaban J connectivity index is 1.82. The summed E-state index contributed by atoms with van der Waals surface area (Å²) in [5.41, 5.74) is 8.43. The van der Waals surface area contributed by atoms with Crippen LogP contribution in [0, 0.1) is 5.82 Å². The van der Waals surface area contributed by atoms with Gasteiger partial charge in [0.15, 0.2) is 0 Å². The highest BCUT2D eigenvalue weighted by molar-refractivity contribution is 6.42. The van der Waals surface area contributed by atoms with Gasteiger partial charge in [-0.25, -0.2) is 4.39 Å². The van der Waals surface area contributed by atoms with Crippen LogP contribution in [0.25, 0.3) is 11.1 Å². The van der Waals surface area contributed by atoms with Gasteiger partial charge in [0, 0.05) is 23.5 Å². The minimum absolute atomic E-state index is 0.365. The molecule has 1 aromatic carbocycles. The molecule has 3 rings (SSSR count). The fourth-order valence-corrected chi connectivity index (χ4v) is 2.71. The van der Waals surface area contributed by atoms with Crippen LogP contribution in [0.4, 0.5) is 4.39 Å². The lowest BCUT2D eigenvalue weighted by Gasteiger charge is -2.19. The molecule has 0 amide bonds. The minimum atomic E-state index is -1.03. The quantitative estimate of drug-likeness (QED) is 0.709. The van der Waals surface area contributed by atoms with E-state index in [2.05, 4.69) is 9.97 Å². The van der Waals surface area contributed by atoms with Gasteiger partial charge in [0.2, 0.25) is 0 Å². The number of hydrogen-bond acceptors (Lipinski definition) is 4. The SMILES string of the molecule is N[C@H](c1ccc(Cl)c(Cl)c1)[C@H](O)c1ccc(-c2cncc(F)c2)cn1. The molecule has 0 aliphatic carbocycles. The van der Waals surface area contributed by atoms with Crippen molar-refractivity contribution in [1.82, 2.24) is 9.97 Å². The second-order valence-corrected chi connectivity index (χ2v) is 6.32. The molecule has 0 aliphatic heterocycles. The van der Waals surface area contributed by atoms with Crippen molar-refractivity contribution in [1.29, 1.82) is 0 Å². The molecule has 0 bridgehead atoms. The smallest absolute Gasteiger partial charge is 0.142 e. The molecule has 0 spiro atoms. The molecule has 0 saturated carbocycles. The predicted octanol–water partition coefficient (Wildman–Crippen LogP) is 4.32. The van der Waals surface area contributed by atoms with E-state index >= 15 is 0 Å². The highest BCUT2D eigenvalue weighted by atomic mass is 35.5. The van der Waals surface area contributed by atoms with Crippen LogP contribution in [0.2, 0.25) is 10.0 Å². The van der Waals surface area contributed by atoms with Crippen molar-refractivity contribution in [3.63, 3.8) is 0 Å². The van der Waals surface area contributed by atoms with E-state index in [1.807, 2.05) is 0 Å². The van der Waals surface area contributed by atoms with Gasteiger partial charge in [-0.15, -0.1) is 0 Å². The highest BCUT2D eigenvalue weighted by Crippen LogP contribution is 2.31. The van der Waals surface area contributed by atoms with Crippen molar-refractivity contribution in [3.05, 3.63) is 82.1 Å². The molecule has 3 N–H and O–H groups in total. The Bertz CT molecular complexity index is 890. The summed E-state index contributed by atoms with van der Waals surface area (Å²) in [6.45, 7) is 0. The molecule has 0 radical (unpaired) electrons. The van der Waals surface area contributed by atoms with Crippen LogP contribution in [-0.2, 0) is 0 Å². The van der Waals surface area contributed by atoms with E-state index in [4.69, 9.17) is 28.9 Å².